The number of amides is 1. The van der Waals surface area contributed by atoms with Gasteiger partial charge in [0.2, 0.25) is 0 Å². The highest BCUT2D eigenvalue weighted by atomic mass is 16.6. The lowest BCUT2D eigenvalue weighted by molar-refractivity contribution is -0.153. The number of esters is 1. The van der Waals surface area contributed by atoms with E-state index < -0.39 is 11.6 Å². The van der Waals surface area contributed by atoms with Gasteiger partial charge in [-0.2, -0.15) is 0 Å². The van der Waals surface area contributed by atoms with Crippen LogP contribution in [0.4, 0.5) is 0 Å². The zero-order valence-electron chi connectivity index (χ0n) is 16.9. The molecule has 3 rings (SSSR count). The Kier molecular flexibility index (Phi) is 6.85. The van der Waals surface area contributed by atoms with Crippen molar-refractivity contribution in [3.8, 4) is 5.75 Å². The number of ether oxygens (including phenoxy) is 2. The number of rotatable bonds is 8. The average Bonchev–Trinajstić information content (AvgIpc) is 2.74. The van der Waals surface area contributed by atoms with Crippen LogP contribution in [0.3, 0.4) is 0 Å². The van der Waals surface area contributed by atoms with Gasteiger partial charge < -0.3 is 18.8 Å². The molecule has 0 aliphatic carbocycles. The number of fused-ring (bicyclic) bond motifs is 1. The van der Waals surface area contributed by atoms with Crippen LogP contribution in [0.5, 0.6) is 5.75 Å². The van der Waals surface area contributed by atoms with Crippen LogP contribution in [0.15, 0.2) is 63.8 Å². The van der Waals surface area contributed by atoms with Gasteiger partial charge in [0.15, 0.2) is 13.2 Å². The Labute approximate surface area is 173 Å². The normalized spacial score (nSPS) is 10.6. The first kappa shape index (κ1) is 21.1. The van der Waals surface area contributed by atoms with Gasteiger partial charge in [0, 0.05) is 30.6 Å². The minimum atomic E-state index is -0.662. The Morgan fingerprint density at radius 1 is 1.03 bits per heavy atom. The van der Waals surface area contributed by atoms with Gasteiger partial charge in [0.25, 0.3) is 5.91 Å². The largest absolute Gasteiger partial charge is 0.482 e. The predicted molar refractivity (Wildman–Crippen MR) is 111 cm³/mol. The van der Waals surface area contributed by atoms with Crippen molar-refractivity contribution < 1.29 is 23.5 Å². The molecular formula is C23H23NO6. The molecule has 0 saturated carbocycles. The summed E-state index contributed by atoms with van der Waals surface area (Å²) in [4.78, 5) is 37.4. The van der Waals surface area contributed by atoms with Crippen molar-refractivity contribution in [2.24, 2.45) is 0 Å². The smallest absolute Gasteiger partial charge is 0.344 e. The minimum absolute atomic E-state index is 0.280. The SMILES string of the molecule is CCN(Cc1ccccc1)C(=O)COC(=O)COc1ccc2c(C)cc(=O)oc2c1. The zero-order chi connectivity index (χ0) is 21.5. The van der Waals surface area contributed by atoms with Gasteiger partial charge in [-0.25, -0.2) is 9.59 Å². The lowest BCUT2D eigenvalue weighted by atomic mass is 10.1. The summed E-state index contributed by atoms with van der Waals surface area (Å²) in [7, 11) is 0. The molecule has 1 heterocycles. The van der Waals surface area contributed by atoms with E-state index in [1.165, 1.54) is 6.07 Å². The van der Waals surface area contributed by atoms with Gasteiger partial charge in [-0.15, -0.1) is 0 Å². The second kappa shape index (κ2) is 9.73. The second-order valence-electron chi connectivity index (χ2n) is 6.75. The van der Waals surface area contributed by atoms with Crippen LogP contribution in [0.25, 0.3) is 11.0 Å². The Balaban J connectivity index is 1.51. The quantitative estimate of drug-likeness (QED) is 0.420. The lowest BCUT2D eigenvalue weighted by Crippen LogP contribution is -2.34. The van der Waals surface area contributed by atoms with Crippen molar-refractivity contribution >= 4 is 22.8 Å². The number of hydrogen-bond acceptors (Lipinski definition) is 6. The van der Waals surface area contributed by atoms with E-state index in [0.29, 0.717) is 24.4 Å². The maximum Gasteiger partial charge on any atom is 0.344 e. The summed E-state index contributed by atoms with van der Waals surface area (Å²) >= 11 is 0. The molecule has 3 aromatic rings. The standard InChI is InChI=1S/C23H23NO6/c1-3-24(13-17-7-5-4-6-8-17)21(25)14-29-23(27)15-28-18-9-10-19-16(2)11-22(26)30-20(19)12-18/h4-12H,3,13-15H2,1-2H3. The third kappa shape index (κ3) is 5.47. The van der Waals surface area contributed by atoms with Crippen LogP contribution in [0.2, 0.25) is 0 Å². The number of carbonyl (C=O) groups is 2. The molecule has 0 radical (unpaired) electrons. The minimum Gasteiger partial charge on any atom is -0.482 e. The average molecular weight is 409 g/mol. The lowest BCUT2D eigenvalue weighted by Gasteiger charge is -2.20. The number of carbonyl (C=O) groups excluding carboxylic acids is 2. The predicted octanol–water partition coefficient (Wildman–Crippen LogP) is 3.07. The third-order valence-corrected chi connectivity index (χ3v) is 4.59. The molecule has 1 amide bonds. The number of nitrogens with zero attached hydrogens (tertiary/aromatic N) is 1. The first-order chi connectivity index (χ1) is 14.5. The van der Waals surface area contributed by atoms with E-state index in [0.717, 1.165) is 16.5 Å². The molecule has 30 heavy (non-hydrogen) atoms. The fourth-order valence-corrected chi connectivity index (χ4v) is 2.99. The topological polar surface area (TPSA) is 86.0 Å². The Morgan fingerprint density at radius 2 is 1.80 bits per heavy atom. The molecule has 0 atom stereocenters. The van der Waals surface area contributed by atoms with E-state index in [-0.39, 0.29) is 19.1 Å². The monoisotopic (exact) mass is 409 g/mol. The molecule has 0 spiro atoms. The van der Waals surface area contributed by atoms with Crippen molar-refractivity contribution in [3.05, 3.63) is 76.1 Å². The van der Waals surface area contributed by atoms with Crippen molar-refractivity contribution in [2.45, 2.75) is 20.4 Å². The van der Waals surface area contributed by atoms with E-state index in [2.05, 4.69) is 0 Å². The summed E-state index contributed by atoms with van der Waals surface area (Å²) in [5.41, 5.74) is 1.72. The van der Waals surface area contributed by atoms with Gasteiger partial charge in [-0.05, 0) is 37.1 Å². The molecule has 0 N–H and O–H groups in total. The van der Waals surface area contributed by atoms with Crippen molar-refractivity contribution in [1.29, 1.82) is 0 Å². The highest BCUT2D eigenvalue weighted by molar-refractivity contribution is 5.82. The van der Waals surface area contributed by atoms with Crippen LogP contribution in [0, 0.1) is 6.92 Å². The Hall–Kier alpha value is -3.61. The molecule has 2 aromatic carbocycles. The number of benzene rings is 2. The van der Waals surface area contributed by atoms with Crippen LogP contribution >= 0.6 is 0 Å². The first-order valence-electron chi connectivity index (χ1n) is 9.61. The van der Waals surface area contributed by atoms with Crippen molar-refractivity contribution in [2.75, 3.05) is 19.8 Å². The summed E-state index contributed by atoms with van der Waals surface area (Å²) in [6.45, 7) is 3.92. The first-order valence-corrected chi connectivity index (χ1v) is 9.61. The zero-order valence-corrected chi connectivity index (χ0v) is 16.9. The van der Waals surface area contributed by atoms with Crippen LogP contribution in [0.1, 0.15) is 18.1 Å². The molecule has 0 aliphatic rings. The molecule has 7 nitrogen and oxygen atoms in total. The van der Waals surface area contributed by atoms with E-state index in [9.17, 15) is 14.4 Å². The Bertz CT molecular complexity index is 1090. The summed E-state index contributed by atoms with van der Waals surface area (Å²) in [6.07, 6.45) is 0. The van der Waals surface area contributed by atoms with Gasteiger partial charge in [0.05, 0.1) is 0 Å². The molecular weight excluding hydrogens is 386 g/mol. The van der Waals surface area contributed by atoms with E-state index in [4.69, 9.17) is 13.9 Å². The van der Waals surface area contributed by atoms with Gasteiger partial charge >= 0.3 is 11.6 Å². The van der Waals surface area contributed by atoms with Crippen molar-refractivity contribution in [3.63, 3.8) is 0 Å². The molecule has 0 saturated heterocycles. The van der Waals surface area contributed by atoms with E-state index in [1.54, 1.807) is 23.1 Å². The third-order valence-electron chi connectivity index (χ3n) is 4.59. The van der Waals surface area contributed by atoms with Gasteiger partial charge in [-0.3, -0.25) is 4.79 Å². The number of likely N-dealkylation sites (N-methyl/N-ethyl adjacent to an activating group) is 1. The fourth-order valence-electron chi connectivity index (χ4n) is 2.99. The number of hydrogen-bond donors (Lipinski definition) is 0. The highest BCUT2D eigenvalue weighted by Crippen LogP contribution is 2.22. The van der Waals surface area contributed by atoms with E-state index in [1.807, 2.05) is 44.2 Å². The highest BCUT2D eigenvalue weighted by Gasteiger charge is 2.15. The summed E-state index contributed by atoms with van der Waals surface area (Å²) in [5.74, 6) is -0.582. The molecule has 0 bridgehead atoms. The van der Waals surface area contributed by atoms with Crippen LogP contribution in [-0.2, 0) is 20.9 Å². The second-order valence-corrected chi connectivity index (χ2v) is 6.75. The van der Waals surface area contributed by atoms with E-state index >= 15 is 0 Å². The maximum atomic E-state index is 12.3. The van der Waals surface area contributed by atoms with Gasteiger partial charge in [-0.1, -0.05) is 30.3 Å². The summed E-state index contributed by atoms with van der Waals surface area (Å²) in [6, 6.07) is 16.0. The molecule has 0 aliphatic heterocycles. The van der Waals surface area contributed by atoms with Crippen LogP contribution < -0.4 is 10.4 Å². The van der Waals surface area contributed by atoms with Crippen molar-refractivity contribution in [1.82, 2.24) is 4.90 Å². The van der Waals surface area contributed by atoms with Crippen LogP contribution in [-0.4, -0.2) is 36.5 Å². The molecule has 156 valence electrons. The fraction of sp³-hybridized carbons (Fsp3) is 0.261. The molecule has 0 unspecified atom stereocenters. The Morgan fingerprint density at radius 3 is 2.53 bits per heavy atom. The molecule has 7 heteroatoms. The number of aryl methyl sites for hydroxylation is 1. The summed E-state index contributed by atoms with van der Waals surface area (Å²) in [5, 5.41) is 0.785. The van der Waals surface area contributed by atoms with Gasteiger partial charge in [0.1, 0.15) is 11.3 Å². The summed E-state index contributed by atoms with van der Waals surface area (Å²) < 4.78 is 15.6. The molecule has 0 fully saturated rings. The maximum absolute atomic E-state index is 12.3. The molecule has 1 aromatic heterocycles.